The van der Waals surface area contributed by atoms with Crippen LogP contribution in [0.5, 0.6) is 0 Å². The number of carbonyl (C=O) groups is 1. The third-order valence-electron chi connectivity index (χ3n) is 3.68. The van der Waals surface area contributed by atoms with Crippen LogP contribution in [0.25, 0.3) is 0 Å². The molecule has 3 N–H and O–H groups in total. The Morgan fingerprint density at radius 1 is 1.58 bits per heavy atom. The molecule has 0 radical (unpaired) electrons. The van der Waals surface area contributed by atoms with Gasteiger partial charge < -0.3 is 15.5 Å². The maximum atomic E-state index is 11.9. The minimum atomic E-state index is 0.0708. The van der Waals surface area contributed by atoms with Crippen molar-refractivity contribution in [2.75, 3.05) is 6.54 Å². The zero-order valence-corrected chi connectivity index (χ0v) is 12.1. The van der Waals surface area contributed by atoms with E-state index in [1.807, 2.05) is 6.92 Å². The molecule has 2 rings (SSSR count). The molecule has 1 aromatic heterocycles. The van der Waals surface area contributed by atoms with Crippen LogP contribution in [0, 0.1) is 12.3 Å². The van der Waals surface area contributed by atoms with Gasteiger partial charge in [0.15, 0.2) is 0 Å². The molecule has 0 bridgehead atoms. The van der Waals surface area contributed by atoms with Gasteiger partial charge in [-0.2, -0.15) is 0 Å². The van der Waals surface area contributed by atoms with Gasteiger partial charge in [0.2, 0.25) is 5.91 Å². The van der Waals surface area contributed by atoms with Gasteiger partial charge in [-0.3, -0.25) is 4.79 Å². The molecule has 1 heterocycles. The number of aryl methyl sites for hydroxylation is 1. The fourth-order valence-corrected chi connectivity index (χ4v) is 2.84. The van der Waals surface area contributed by atoms with E-state index in [-0.39, 0.29) is 17.4 Å². The first-order chi connectivity index (χ1) is 8.91. The highest BCUT2D eigenvalue weighted by Gasteiger charge is 2.35. The Morgan fingerprint density at radius 3 is 3.00 bits per heavy atom. The summed E-state index contributed by atoms with van der Waals surface area (Å²) in [5, 5.41) is 3.12. The minimum absolute atomic E-state index is 0.0708. The molecule has 19 heavy (non-hydrogen) atoms. The van der Waals surface area contributed by atoms with Gasteiger partial charge in [0.1, 0.15) is 11.5 Å². The van der Waals surface area contributed by atoms with Crippen molar-refractivity contribution in [3.05, 3.63) is 23.2 Å². The molecule has 0 aliphatic heterocycles. The van der Waals surface area contributed by atoms with E-state index < -0.39 is 0 Å². The van der Waals surface area contributed by atoms with Crippen molar-refractivity contribution in [1.82, 2.24) is 5.32 Å². The van der Waals surface area contributed by atoms with E-state index in [9.17, 15) is 4.79 Å². The summed E-state index contributed by atoms with van der Waals surface area (Å²) in [5.41, 5.74) is 6.74. The zero-order chi connectivity index (χ0) is 14.0. The van der Waals surface area contributed by atoms with Crippen LogP contribution in [-0.2, 0) is 11.2 Å². The number of fused-ring (bicyclic) bond motifs is 1. The van der Waals surface area contributed by atoms with E-state index in [1.165, 1.54) is 0 Å². The molecule has 1 aromatic rings. The summed E-state index contributed by atoms with van der Waals surface area (Å²) >= 11 is 0. The SMILES string of the molecule is Cc1cc2c(o1)CC(C)(C)CC2NC(=O)CCCN. The fraction of sp³-hybridized carbons (Fsp3) is 0.667. The van der Waals surface area contributed by atoms with Crippen LogP contribution in [-0.4, -0.2) is 12.5 Å². The molecule has 1 unspecified atom stereocenters. The van der Waals surface area contributed by atoms with Gasteiger partial charge in [-0.25, -0.2) is 0 Å². The Kier molecular flexibility index (Phi) is 3.99. The molecule has 4 nitrogen and oxygen atoms in total. The van der Waals surface area contributed by atoms with E-state index in [1.54, 1.807) is 0 Å². The second-order valence-corrected chi connectivity index (χ2v) is 6.29. The van der Waals surface area contributed by atoms with Crippen LogP contribution >= 0.6 is 0 Å². The lowest BCUT2D eigenvalue weighted by molar-refractivity contribution is -0.122. The van der Waals surface area contributed by atoms with E-state index in [2.05, 4.69) is 25.2 Å². The average molecular weight is 264 g/mol. The molecule has 0 saturated carbocycles. The number of nitrogens with one attached hydrogen (secondary N) is 1. The normalized spacial score (nSPS) is 20.9. The van der Waals surface area contributed by atoms with Crippen molar-refractivity contribution in [3.8, 4) is 0 Å². The molecule has 1 aliphatic rings. The van der Waals surface area contributed by atoms with Gasteiger partial charge in [-0.05, 0) is 37.8 Å². The predicted molar refractivity (Wildman–Crippen MR) is 74.7 cm³/mol. The summed E-state index contributed by atoms with van der Waals surface area (Å²) in [4.78, 5) is 11.9. The Bertz CT molecular complexity index is 463. The molecule has 0 aromatic carbocycles. The van der Waals surface area contributed by atoms with Crippen molar-refractivity contribution >= 4 is 5.91 Å². The Labute approximate surface area is 114 Å². The lowest BCUT2D eigenvalue weighted by Gasteiger charge is -2.34. The van der Waals surface area contributed by atoms with Crippen LogP contribution in [0.15, 0.2) is 10.5 Å². The van der Waals surface area contributed by atoms with Crippen molar-refractivity contribution in [2.45, 2.75) is 52.5 Å². The van der Waals surface area contributed by atoms with Gasteiger partial charge in [0.05, 0.1) is 6.04 Å². The number of furan rings is 1. The maximum Gasteiger partial charge on any atom is 0.220 e. The molecule has 106 valence electrons. The van der Waals surface area contributed by atoms with Crippen molar-refractivity contribution in [1.29, 1.82) is 0 Å². The predicted octanol–water partition coefficient (Wildman–Crippen LogP) is 2.46. The number of amides is 1. The maximum absolute atomic E-state index is 11.9. The quantitative estimate of drug-likeness (QED) is 0.877. The Hall–Kier alpha value is -1.29. The topological polar surface area (TPSA) is 68.3 Å². The highest BCUT2D eigenvalue weighted by atomic mass is 16.3. The average Bonchev–Trinajstić information content (AvgIpc) is 2.65. The smallest absolute Gasteiger partial charge is 0.220 e. The summed E-state index contributed by atoms with van der Waals surface area (Å²) in [6, 6.07) is 2.12. The molecule has 0 spiro atoms. The molecule has 1 aliphatic carbocycles. The number of hydrogen-bond donors (Lipinski definition) is 2. The first-order valence-corrected chi connectivity index (χ1v) is 7.00. The summed E-state index contributed by atoms with van der Waals surface area (Å²) in [5.74, 6) is 2.03. The monoisotopic (exact) mass is 264 g/mol. The third kappa shape index (κ3) is 3.38. The first-order valence-electron chi connectivity index (χ1n) is 7.00. The van der Waals surface area contributed by atoms with Gasteiger partial charge >= 0.3 is 0 Å². The lowest BCUT2D eigenvalue weighted by atomic mass is 9.74. The molecular formula is C15H24N2O2. The molecule has 0 saturated heterocycles. The van der Waals surface area contributed by atoms with Gasteiger partial charge in [0.25, 0.3) is 0 Å². The van der Waals surface area contributed by atoms with Crippen LogP contribution < -0.4 is 11.1 Å². The van der Waals surface area contributed by atoms with E-state index in [0.717, 1.165) is 36.3 Å². The molecule has 1 atom stereocenters. The Balaban J connectivity index is 2.13. The van der Waals surface area contributed by atoms with Crippen LogP contribution in [0.1, 0.15) is 56.2 Å². The van der Waals surface area contributed by atoms with Crippen LogP contribution in [0.3, 0.4) is 0 Å². The third-order valence-corrected chi connectivity index (χ3v) is 3.68. The fourth-order valence-electron chi connectivity index (χ4n) is 2.84. The van der Waals surface area contributed by atoms with E-state index in [0.29, 0.717) is 13.0 Å². The van der Waals surface area contributed by atoms with Crippen molar-refractivity contribution in [3.63, 3.8) is 0 Å². The van der Waals surface area contributed by atoms with Gasteiger partial charge in [-0.1, -0.05) is 13.8 Å². The number of nitrogens with two attached hydrogens (primary N) is 1. The lowest BCUT2D eigenvalue weighted by Crippen LogP contribution is -2.36. The molecular weight excluding hydrogens is 240 g/mol. The summed E-state index contributed by atoms with van der Waals surface area (Å²) in [7, 11) is 0. The Morgan fingerprint density at radius 2 is 2.32 bits per heavy atom. The van der Waals surface area contributed by atoms with E-state index >= 15 is 0 Å². The standard InChI is InChI=1S/C15H24N2O2/c1-10-7-11-12(17-14(18)5-4-6-16)8-15(2,3)9-13(11)19-10/h7,12H,4-6,8-9,16H2,1-3H3,(H,17,18). The second-order valence-electron chi connectivity index (χ2n) is 6.29. The molecule has 1 amide bonds. The number of carbonyl (C=O) groups excluding carboxylic acids is 1. The van der Waals surface area contributed by atoms with Gasteiger partial charge in [0, 0.05) is 18.4 Å². The van der Waals surface area contributed by atoms with Crippen LogP contribution in [0.4, 0.5) is 0 Å². The second kappa shape index (κ2) is 5.37. The molecule has 0 fully saturated rings. The van der Waals surface area contributed by atoms with E-state index in [4.69, 9.17) is 10.2 Å². The zero-order valence-electron chi connectivity index (χ0n) is 12.1. The summed E-state index contributed by atoms with van der Waals surface area (Å²) < 4.78 is 5.76. The first kappa shape index (κ1) is 14.1. The number of rotatable bonds is 4. The summed E-state index contributed by atoms with van der Waals surface area (Å²) in [6.07, 6.45) is 3.12. The number of hydrogen-bond acceptors (Lipinski definition) is 3. The van der Waals surface area contributed by atoms with Crippen molar-refractivity contribution < 1.29 is 9.21 Å². The van der Waals surface area contributed by atoms with Gasteiger partial charge in [-0.15, -0.1) is 0 Å². The highest BCUT2D eigenvalue weighted by Crippen LogP contribution is 2.41. The molecule has 4 heteroatoms. The van der Waals surface area contributed by atoms with Crippen LogP contribution in [0.2, 0.25) is 0 Å². The van der Waals surface area contributed by atoms with Crippen molar-refractivity contribution in [2.24, 2.45) is 11.1 Å². The summed E-state index contributed by atoms with van der Waals surface area (Å²) in [6.45, 7) is 6.94. The highest BCUT2D eigenvalue weighted by molar-refractivity contribution is 5.76. The minimum Gasteiger partial charge on any atom is -0.466 e. The largest absolute Gasteiger partial charge is 0.466 e.